The second kappa shape index (κ2) is 5.41. The van der Waals surface area contributed by atoms with Gasteiger partial charge in [-0.25, -0.2) is 8.42 Å². The van der Waals surface area contributed by atoms with Crippen molar-refractivity contribution in [1.29, 1.82) is 0 Å². The van der Waals surface area contributed by atoms with Gasteiger partial charge in [-0.3, -0.25) is 0 Å². The number of sulfone groups is 1. The van der Waals surface area contributed by atoms with E-state index in [4.69, 9.17) is 5.73 Å². The molecule has 2 aromatic rings. The average molecular weight is 302 g/mol. The summed E-state index contributed by atoms with van der Waals surface area (Å²) in [6.45, 7) is 0.898. The first-order valence-corrected chi connectivity index (χ1v) is 8.49. The zero-order valence-electron chi connectivity index (χ0n) is 11.6. The molecule has 0 bridgehead atoms. The fourth-order valence-electron chi connectivity index (χ4n) is 2.18. The molecule has 5 heteroatoms. The summed E-state index contributed by atoms with van der Waals surface area (Å²) in [6.07, 6.45) is 2.51. The first kappa shape index (κ1) is 13.9. The van der Waals surface area contributed by atoms with Crippen molar-refractivity contribution >= 4 is 21.2 Å². The summed E-state index contributed by atoms with van der Waals surface area (Å²) in [7, 11) is -3.50. The number of nitrogens with two attached hydrogens (primary N) is 1. The van der Waals surface area contributed by atoms with Crippen LogP contribution in [0, 0.1) is 5.92 Å². The Bertz CT molecular complexity index is 738. The standard InChI is InChI=1S/C16H18N2O2S/c17-15-10-14(8-9-16(15)18-11-12-6-7-12)21(19,20)13-4-2-1-3-5-13/h1-5,8-10,12,18H,6-7,11,17H2. The smallest absolute Gasteiger partial charge is 0.206 e. The fraction of sp³-hybridized carbons (Fsp3) is 0.250. The minimum Gasteiger partial charge on any atom is -0.397 e. The molecule has 0 amide bonds. The first-order chi connectivity index (χ1) is 10.1. The van der Waals surface area contributed by atoms with Gasteiger partial charge in [0.25, 0.3) is 0 Å². The zero-order chi connectivity index (χ0) is 14.9. The Labute approximate surface area is 124 Å². The van der Waals surface area contributed by atoms with E-state index in [1.165, 1.54) is 18.9 Å². The van der Waals surface area contributed by atoms with Crippen LogP contribution in [0.3, 0.4) is 0 Å². The molecule has 2 aromatic carbocycles. The van der Waals surface area contributed by atoms with Crippen molar-refractivity contribution in [3.63, 3.8) is 0 Å². The van der Waals surface area contributed by atoms with E-state index in [1.807, 2.05) is 0 Å². The molecule has 4 nitrogen and oxygen atoms in total. The molecule has 1 aliphatic rings. The average Bonchev–Trinajstić information content (AvgIpc) is 3.31. The third kappa shape index (κ3) is 3.03. The van der Waals surface area contributed by atoms with E-state index in [2.05, 4.69) is 5.32 Å². The monoisotopic (exact) mass is 302 g/mol. The van der Waals surface area contributed by atoms with Gasteiger partial charge in [0.2, 0.25) is 9.84 Å². The minimum absolute atomic E-state index is 0.225. The molecule has 110 valence electrons. The topological polar surface area (TPSA) is 72.2 Å². The van der Waals surface area contributed by atoms with Gasteiger partial charge in [-0.1, -0.05) is 18.2 Å². The summed E-state index contributed by atoms with van der Waals surface area (Å²) in [6, 6.07) is 13.3. The fourth-order valence-corrected chi connectivity index (χ4v) is 3.50. The molecule has 1 fully saturated rings. The molecule has 0 aromatic heterocycles. The summed E-state index contributed by atoms with van der Waals surface area (Å²) in [4.78, 5) is 0.506. The lowest BCUT2D eigenvalue weighted by molar-refractivity contribution is 0.596. The summed E-state index contributed by atoms with van der Waals surface area (Å²) < 4.78 is 25.0. The molecule has 3 rings (SSSR count). The summed E-state index contributed by atoms with van der Waals surface area (Å²) >= 11 is 0. The van der Waals surface area contributed by atoms with E-state index >= 15 is 0 Å². The highest BCUT2D eigenvalue weighted by molar-refractivity contribution is 7.91. The lowest BCUT2D eigenvalue weighted by Crippen LogP contribution is -2.07. The van der Waals surface area contributed by atoms with E-state index in [-0.39, 0.29) is 9.79 Å². The van der Waals surface area contributed by atoms with Gasteiger partial charge < -0.3 is 11.1 Å². The number of nitrogens with one attached hydrogen (secondary N) is 1. The number of anilines is 2. The van der Waals surface area contributed by atoms with Crippen LogP contribution in [0.25, 0.3) is 0 Å². The maximum absolute atomic E-state index is 12.5. The van der Waals surface area contributed by atoms with Gasteiger partial charge in [-0.15, -0.1) is 0 Å². The predicted molar refractivity (Wildman–Crippen MR) is 84.0 cm³/mol. The Morgan fingerprint density at radius 2 is 1.76 bits per heavy atom. The Hall–Kier alpha value is -2.01. The minimum atomic E-state index is -3.50. The van der Waals surface area contributed by atoms with E-state index in [9.17, 15) is 8.42 Å². The molecule has 1 aliphatic carbocycles. The van der Waals surface area contributed by atoms with Crippen molar-refractivity contribution in [3.05, 3.63) is 48.5 Å². The van der Waals surface area contributed by atoms with Gasteiger partial charge in [0.1, 0.15) is 0 Å². The van der Waals surface area contributed by atoms with Crippen molar-refractivity contribution in [2.24, 2.45) is 5.92 Å². The molecule has 1 saturated carbocycles. The van der Waals surface area contributed by atoms with Crippen LogP contribution < -0.4 is 11.1 Å². The van der Waals surface area contributed by atoms with Gasteiger partial charge in [0.05, 0.1) is 21.2 Å². The van der Waals surface area contributed by atoms with Crippen LogP contribution in [0.4, 0.5) is 11.4 Å². The van der Waals surface area contributed by atoms with Crippen molar-refractivity contribution < 1.29 is 8.42 Å². The van der Waals surface area contributed by atoms with Gasteiger partial charge in [0.15, 0.2) is 0 Å². The van der Waals surface area contributed by atoms with Crippen molar-refractivity contribution in [1.82, 2.24) is 0 Å². The molecule has 0 unspecified atom stereocenters. The third-order valence-corrected chi connectivity index (χ3v) is 5.43. The van der Waals surface area contributed by atoms with Crippen molar-refractivity contribution in [2.75, 3.05) is 17.6 Å². The Morgan fingerprint density at radius 1 is 1.05 bits per heavy atom. The van der Waals surface area contributed by atoms with Crippen LogP contribution in [-0.2, 0) is 9.84 Å². The molecule has 0 saturated heterocycles. The van der Waals surface area contributed by atoms with Crippen molar-refractivity contribution in [2.45, 2.75) is 22.6 Å². The number of hydrogen-bond donors (Lipinski definition) is 2. The van der Waals surface area contributed by atoms with E-state index in [1.54, 1.807) is 42.5 Å². The van der Waals surface area contributed by atoms with Crippen LogP contribution in [0.15, 0.2) is 58.3 Å². The largest absolute Gasteiger partial charge is 0.397 e. The number of hydrogen-bond acceptors (Lipinski definition) is 4. The second-order valence-electron chi connectivity index (χ2n) is 5.39. The van der Waals surface area contributed by atoms with Crippen LogP contribution in [0.1, 0.15) is 12.8 Å². The second-order valence-corrected chi connectivity index (χ2v) is 7.34. The summed E-state index contributed by atoms with van der Waals surface area (Å²) in [5.41, 5.74) is 7.24. The summed E-state index contributed by atoms with van der Waals surface area (Å²) in [5.74, 6) is 0.733. The Morgan fingerprint density at radius 3 is 2.38 bits per heavy atom. The number of nitrogen functional groups attached to an aromatic ring is 1. The normalized spacial score (nSPS) is 14.9. The molecule has 21 heavy (non-hydrogen) atoms. The highest BCUT2D eigenvalue weighted by Gasteiger charge is 2.22. The maximum atomic E-state index is 12.5. The van der Waals surface area contributed by atoms with Crippen LogP contribution in [-0.4, -0.2) is 15.0 Å². The molecular formula is C16H18N2O2S. The molecule has 0 aliphatic heterocycles. The van der Waals surface area contributed by atoms with Gasteiger partial charge in [-0.2, -0.15) is 0 Å². The summed E-state index contributed by atoms with van der Waals surface area (Å²) in [5, 5.41) is 3.27. The number of rotatable bonds is 5. The quantitative estimate of drug-likeness (QED) is 0.833. The third-order valence-electron chi connectivity index (χ3n) is 3.66. The molecule has 0 atom stereocenters. The molecule has 0 radical (unpaired) electrons. The van der Waals surface area contributed by atoms with Gasteiger partial charge in [0, 0.05) is 6.54 Å². The van der Waals surface area contributed by atoms with E-state index in [0.717, 1.165) is 18.2 Å². The lowest BCUT2D eigenvalue weighted by atomic mass is 10.2. The molecule has 0 heterocycles. The van der Waals surface area contributed by atoms with Crippen LogP contribution >= 0.6 is 0 Å². The van der Waals surface area contributed by atoms with Crippen LogP contribution in [0.2, 0.25) is 0 Å². The van der Waals surface area contributed by atoms with Gasteiger partial charge in [-0.05, 0) is 49.1 Å². The number of benzene rings is 2. The zero-order valence-corrected chi connectivity index (χ0v) is 12.4. The Balaban J connectivity index is 1.87. The van der Waals surface area contributed by atoms with E-state index in [0.29, 0.717) is 5.69 Å². The Kier molecular flexibility index (Phi) is 3.59. The lowest BCUT2D eigenvalue weighted by Gasteiger charge is -2.11. The van der Waals surface area contributed by atoms with E-state index < -0.39 is 9.84 Å². The predicted octanol–water partition coefficient (Wildman–Crippen LogP) is 2.92. The van der Waals surface area contributed by atoms with Gasteiger partial charge >= 0.3 is 0 Å². The van der Waals surface area contributed by atoms with Crippen LogP contribution in [0.5, 0.6) is 0 Å². The SMILES string of the molecule is Nc1cc(S(=O)(=O)c2ccccc2)ccc1NCC1CC1. The molecule has 3 N–H and O–H groups in total. The highest BCUT2D eigenvalue weighted by atomic mass is 32.2. The first-order valence-electron chi connectivity index (χ1n) is 7.01. The highest BCUT2D eigenvalue weighted by Crippen LogP contribution is 2.31. The van der Waals surface area contributed by atoms with Crippen molar-refractivity contribution in [3.8, 4) is 0 Å². The molecular weight excluding hydrogens is 284 g/mol. The maximum Gasteiger partial charge on any atom is 0.206 e. The molecule has 0 spiro atoms.